The van der Waals surface area contributed by atoms with Crippen LogP contribution in [0.25, 0.3) is 0 Å². The van der Waals surface area contributed by atoms with Crippen molar-refractivity contribution in [2.45, 2.75) is 38.0 Å². The van der Waals surface area contributed by atoms with E-state index < -0.39 is 0 Å². The highest BCUT2D eigenvalue weighted by Crippen LogP contribution is 2.41. The molecule has 0 aromatic heterocycles. The summed E-state index contributed by atoms with van der Waals surface area (Å²) in [5.41, 5.74) is 1.18. The van der Waals surface area contributed by atoms with Gasteiger partial charge in [-0.2, -0.15) is 0 Å². The quantitative estimate of drug-likeness (QED) is 0.324. The number of hydrogen-bond donors (Lipinski definition) is 2. The number of hydrogen-bond acceptors (Lipinski definition) is 6. The molecule has 2 N–H and O–H groups in total. The number of benzene rings is 1. The van der Waals surface area contributed by atoms with Crippen LogP contribution in [0.5, 0.6) is 11.5 Å². The van der Waals surface area contributed by atoms with Crippen molar-refractivity contribution < 1.29 is 23.7 Å². The van der Waals surface area contributed by atoms with Crippen molar-refractivity contribution in [3.05, 3.63) is 23.8 Å². The first kappa shape index (κ1) is 23.1. The van der Waals surface area contributed by atoms with Crippen LogP contribution < -0.4 is 20.1 Å². The van der Waals surface area contributed by atoms with Crippen LogP contribution in [0, 0.1) is 5.92 Å². The van der Waals surface area contributed by atoms with Gasteiger partial charge >= 0.3 is 0 Å². The van der Waals surface area contributed by atoms with Crippen molar-refractivity contribution in [2.75, 3.05) is 66.1 Å². The number of ether oxygens (including phenoxy) is 5. The lowest BCUT2D eigenvalue weighted by atomic mass is 9.74. The number of aliphatic imine (C=N–C) groups is 1. The van der Waals surface area contributed by atoms with Crippen LogP contribution in [-0.2, 0) is 19.6 Å². The molecule has 1 unspecified atom stereocenters. The lowest BCUT2D eigenvalue weighted by Crippen LogP contribution is -2.41. The van der Waals surface area contributed by atoms with Crippen molar-refractivity contribution >= 4 is 5.96 Å². The fourth-order valence-electron chi connectivity index (χ4n) is 4.44. The summed E-state index contributed by atoms with van der Waals surface area (Å²) < 4.78 is 28.0. The SMILES string of the molecule is CCNC(=NCC1(c2ccc3c(c2)OCO3)CCOCC1)NCCCOCC1CCOC1. The van der Waals surface area contributed by atoms with E-state index in [1.165, 1.54) is 5.56 Å². The normalized spacial score (nSPS) is 22.2. The van der Waals surface area contributed by atoms with E-state index in [-0.39, 0.29) is 5.41 Å². The summed E-state index contributed by atoms with van der Waals surface area (Å²) in [6.45, 7) is 9.49. The Bertz CT molecular complexity index is 745. The van der Waals surface area contributed by atoms with Crippen LogP contribution >= 0.6 is 0 Å². The average Bonchev–Trinajstić information content (AvgIpc) is 3.51. The molecule has 4 rings (SSSR count). The Morgan fingerprint density at radius 3 is 2.81 bits per heavy atom. The molecule has 2 fully saturated rings. The van der Waals surface area contributed by atoms with Gasteiger partial charge in [0, 0.05) is 50.8 Å². The Morgan fingerprint density at radius 2 is 2.00 bits per heavy atom. The van der Waals surface area contributed by atoms with Gasteiger partial charge in [-0.1, -0.05) is 6.07 Å². The second kappa shape index (κ2) is 11.7. The summed E-state index contributed by atoms with van der Waals surface area (Å²) in [5.74, 6) is 3.06. The molecule has 0 spiro atoms. The van der Waals surface area contributed by atoms with Crippen LogP contribution in [0.3, 0.4) is 0 Å². The van der Waals surface area contributed by atoms with E-state index in [0.29, 0.717) is 19.3 Å². The first-order chi connectivity index (χ1) is 15.8. The molecule has 0 amide bonds. The molecule has 8 nitrogen and oxygen atoms in total. The Kier molecular flexibility index (Phi) is 8.48. The maximum absolute atomic E-state index is 5.81. The Balaban J connectivity index is 1.32. The van der Waals surface area contributed by atoms with Gasteiger partial charge in [0.2, 0.25) is 6.79 Å². The number of guanidine groups is 1. The summed E-state index contributed by atoms with van der Waals surface area (Å²) in [6.07, 6.45) is 3.94. The lowest BCUT2D eigenvalue weighted by molar-refractivity contribution is 0.0530. The highest BCUT2D eigenvalue weighted by molar-refractivity contribution is 5.79. The van der Waals surface area contributed by atoms with Crippen LogP contribution in [0.1, 0.15) is 38.2 Å². The second-order valence-electron chi connectivity index (χ2n) is 8.74. The molecule has 178 valence electrons. The van der Waals surface area contributed by atoms with Crippen LogP contribution in [0.2, 0.25) is 0 Å². The van der Waals surface area contributed by atoms with Crippen molar-refractivity contribution in [1.29, 1.82) is 0 Å². The molecule has 32 heavy (non-hydrogen) atoms. The maximum atomic E-state index is 5.81. The minimum Gasteiger partial charge on any atom is -0.454 e. The highest BCUT2D eigenvalue weighted by Gasteiger charge is 2.35. The fourth-order valence-corrected chi connectivity index (χ4v) is 4.44. The van der Waals surface area contributed by atoms with Gasteiger partial charge in [-0.15, -0.1) is 0 Å². The monoisotopic (exact) mass is 447 g/mol. The third kappa shape index (κ3) is 6.05. The summed E-state index contributed by atoms with van der Waals surface area (Å²) >= 11 is 0. The van der Waals surface area contributed by atoms with Gasteiger partial charge in [-0.3, -0.25) is 4.99 Å². The average molecular weight is 448 g/mol. The zero-order chi connectivity index (χ0) is 22.1. The molecule has 0 radical (unpaired) electrons. The maximum Gasteiger partial charge on any atom is 0.231 e. The molecular formula is C24H37N3O5. The van der Waals surface area contributed by atoms with Crippen LogP contribution in [0.15, 0.2) is 23.2 Å². The van der Waals surface area contributed by atoms with Gasteiger partial charge in [-0.25, -0.2) is 0 Å². The van der Waals surface area contributed by atoms with Crippen LogP contribution in [0.4, 0.5) is 0 Å². The largest absolute Gasteiger partial charge is 0.454 e. The molecule has 0 bridgehead atoms. The summed E-state index contributed by atoms with van der Waals surface area (Å²) in [4.78, 5) is 4.97. The van der Waals surface area contributed by atoms with Gasteiger partial charge in [0.25, 0.3) is 0 Å². The Morgan fingerprint density at radius 1 is 1.12 bits per heavy atom. The molecule has 3 aliphatic heterocycles. The Labute approximate surface area is 191 Å². The zero-order valence-corrected chi connectivity index (χ0v) is 19.2. The van der Waals surface area contributed by atoms with E-state index in [9.17, 15) is 0 Å². The number of nitrogens with zero attached hydrogens (tertiary/aromatic N) is 1. The first-order valence-corrected chi connectivity index (χ1v) is 11.9. The molecule has 8 heteroatoms. The lowest BCUT2D eigenvalue weighted by Gasteiger charge is -2.36. The molecule has 1 atom stereocenters. The minimum atomic E-state index is -0.0615. The van der Waals surface area contributed by atoms with E-state index in [4.69, 9.17) is 28.7 Å². The number of rotatable bonds is 10. The number of nitrogens with one attached hydrogen (secondary N) is 2. The second-order valence-corrected chi connectivity index (χ2v) is 8.74. The van der Waals surface area contributed by atoms with Gasteiger partial charge < -0.3 is 34.3 Å². The van der Waals surface area contributed by atoms with Crippen molar-refractivity contribution in [3.63, 3.8) is 0 Å². The minimum absolute atomic E-state index is 0.0615. The summed E-state index contributed by atoms with van der Waals surface area (Å²) in [7, 11) is 0. The molecule has 3 heterocycles. The third-order valence-electron chi connectivity index (χ3n) is 6.45. The van der Waals surface area contributed by atoms with E-state index in [0.717, 1.165) is 95.9 Å². The molecule has 3 aliphatic rings. The number of fused-ring (bicyclic) bond motifs is 1. The van der Waals surface area contributed by atoms with Crippen LogP contribution in [-0.4, -0.2) is 72.0 Å². The predicted octanol–water partition coefficient (Wildman–Crippen LogP) is 2.46. The van der Waals surface area contributed by atoms with Gasteiger partial charge in [0.15, 0.2) is 17.5 Å². The van der Waals surface area contributed by atoms with E-state index in [1.54, 1.807) is 0 Å². The standard InChI is InChI=1S/C24H37N3O5/c1-2-25-23(26-9-3-10-29-15-19-6-11-30-16-19)27-17-24(7-12-28-13-8-24)20-4-5-21-22(14-20)32-18-31-21/h4-5,14,19H,2-3,6-13,15-18H2,1H3,(H2,25,26,27). The van der Waals surface area contributed by atoms with E-state index in [1.807, 2.05) is 6.07 Å². The van der Waals surface area contributed by atoms with E-state index >= 15 is 0 Å². The topological polar surface area (TPSA) is 82.6 Å². The predicted molar refractivity (Wildman–Crippen MR) is 123 cm³/mol. The molecule has 2 saturated heterocycles. The zero-order valence-electron chi connectivity index (χ0n) is 19.2. The molecule has 1 aromatic carbocycles. The summed E-state index contributed by atoms with van der Waals surface area (Å²) in [6, 6.07) is 6.29. The Hall–Kier alpha value is -2.03. The molecular weight excluding hydrogens is 410 g/mol. The van der Waals surface area contributed by atoms with Crippen molar-refractivity contribution in [1.82, 2.24) is 10.6 Å². The van der Waals surface area contributed by atoms with Crippen molar-refractivity contribution in [2.24, 2.45) is 10.9 Å². The van der Waals surface area contributed by atoms with Gasteiger partial charge in [0.05, 0.1) is 19.8 Å². The molecule has 1 aromatic rings. The van der Waals surface area contributed by atoms with Crippen molar-refractivity contribution in [3.8, 4) is 11.5 Å². The first-order valence-electron chi connectivity index (χ1n) is 11.9. The molecule has 0 aliphatic carbocycles. The van der Waals surface area contributed by atoms with Gasteiger partial charge in [-0.05, 0) is 50.3 Å². The molecule has 0 saturated carbocycles. The highest BCUT2D eigenvalue weighted by atomic mass is 16.7. The van der Waals surface area contributed by atoms with Gasteiger partial charge in [0.1, 0.15) is 0 Å². The fraction of sp³-hybridized carbons (Fsp3) is 0.708. The van der Waals surface area contributed by atoms with E-state index in [2.05, 4.69) is 29.7 Å². The smallest absolute Gasteiger partial charge is 0.231 e. The summed E-state index contributed by atoms with van der Waals surface area (Å²) in [5, 5.41) is 6.83. The third-order valence-corrected chi connectivity index (χ3v) is 6.45.